The first-order chi connectivity index (χ1) is 12.6. The molecule has 7 heteroatoms. The molecule has 0 unspecified atom stereocenters. The van der Waals surface area contributed by atoms with E-state index in [1.165, 1.54) is 0 Å². The number of nitrogens with zero attached hydrogens (tertiary/aromatic N) is 1. The summed E-state index contributed by atoms with van der Waals surface area (Å²) in [7, 11) is 0. The van der Waals surface area contributed by atoms with Gasteiger partial charge in [-0.1, -0.05) is 41.4 Å². The zero-order chi connectivity index (χ0) is 18.4. The molecule has 1 saturated heterocycles. The largest absolute Gasteiger partial charge is 0.378 e. The summed E-state index contributed by atoms with van der Waals surface area (Å²) in [6.45, 7) is 3.50. The zero-order valence-corrected chi connectivity index (χ0v) is 15.8. The summed E-state index contributed by atoms with van der Waals surface area (Å²) in [5, 5.41) is 7.01. The number of rotatable bonds is 5. The van der Waals surface area contributed by atoms with E-state index in [2.05, 4.69) is 15.5 Å². The summed E-state index contributed by atoms with van der Waals surface area (Å²) < 4.78 is 5.39. The predicted molar refractivity (Wildman–Crippen MR) is 107 cm³/mol. The Labute approximate surface area is 163 Å². The lowest BCUT2D eigenvalue weighted by Crippen LogP contribution is -2.37. The van der Waals surface area contributed by atoms with Crippen molar-refractivity contribution < 1.29 is 9.53 Å². The van der Waals surface area contributed by atoms with Crippen molar-refractivity contribution in [2.24, 2.45) is 0 Å². The topological polar surface area (TPSA) is 53.6 Å². The second-order valence-corrected chi connectivity index (χ2v) is 6.83. The molecule has 1 heterocycles. The van der Waals surface area contributed by atoms with Crippen molar-refractivity contribution >= 4 is 40.6 Å². The molecular formula is C19H21Cl2N3O2. The Bertz CT molecular complexity index is 764. The van der Waals surface area contributed by atoms with E-state index in [1.807, 2.05) is 30.3 Å². The Kier molecular flexibility index (Phi) is 6.61. The predicted octanol–water partition coefficient (Wildman–Crippen LogP) is 4.19. The molecule has 1 aliphatic rings. The Balaban J connectivity index is 1.55. The molecule has 0 spiro atoms. The van der Waals surface area contributed by atoms with Crippen LogP contribution in [0.1, 0.15) is 5.56 Å². The van der Waals surface area contributed by atoms with E-state index >= 15 is 0 Å². The number of carbonyl (C=O) groups is 1. The van der Waals surface area contributed by atoms with Crippen LogP contribution in [0.2, 0.25) is 10.0 Å². The second kappa shape index (κ2) is 9.12. The molecule has 138 valence electrons. The van der Waals surface area contributed by atoms with Crippen molar-refractivity contribution in [2.45, 2.75) is 6.42 Å². The van der Waals surface area contributed by atoms with Gasteiger partial charge in [-0.2, -0.15) is 0 Å². The number of carbonyl (C=O) groups excluding carboxylic acids is 1. The van der Waals surface area contributed by atoms with Crippen LogP contribution >= 0.6 is 23.2 Å². The van der Waals surface area contributed by atoms with E-state index < -0.39 is 0 Å². The van der Waals surface area contributed by atoms with Crippen molar-refractivity contribution in [1.82, 2.24) is 5.32 Å². The molecule has 2 aromatic rings. The summed E-state index contributed by atoms with van der Waals surface area (Å²) in [4.78, 5) is 14.5. The van der Waals surface area contributed by atoms with Crippen LogP contribution in [0.15, 0.2) is 42.5 Å². The molecular weight excluding hydrogens is 373 g/mol. The molecule has 0 aromatic heterocycles. The fraction of sp³-hybridized carbons (Fsp3) is 0.316. The van der Waals surface area contributed by atoms with E-state index in [9.17, 15) is 4.79 Å². The molecule has 26 heavy (non-hydrogen) atoms. The van der Waals surface area contributed by atoms with Crippen LogP contribution in [0.25, 0.3) is 0 Å². The van der Waals surface area contributed by atoms with Gasteiger partial charge in [0.05, 0.1) is 24.6 Å². The summed E-state index contributed by atoms with van der Waals surface area (Å²) >= 11 is 12.0. The molecule has 2 amide bonds. The van der Waals surface area contributed by atoms with Crippen molar-refractivity contribution in [3.63, 3.8) is 0 Å². The lowest BCUT2D eigenvalue weighted by molar-refractivity contribution is 0.123. The van der Waals surface area contributed by atoms with Crippen LogP contribution < -0.4 is 15.5 Å². The number of benzene rings is 2. The zero-order valence-electron chi connectivity index (χ0n) is 14.3. The van der Waals surface area contributed by atoms with Gasteiger partial charge in [0.25, 0.3) is 0 Å². The van der Waals surface area contributed by atoms with E-state index in [4.69, 9.17) is 27.9 Å². The number of urea groups is 1. The fourth-order valence-electron chi connectivity index (χ4n) is 2.86. The Morgan fingerprint density at radius 1 is 1.12 bits per heavy atom. The number of para-hydroxylation sites is 2. The first-order valence-electron chi connectivity index (χ1n) is 8.54. The first-order valence-corrected chi connectivity index (χ1v) is 9.29. The van der Waals surface area contributed by atoms with Crippen LogP contribution in [0, 0.1) is 0 Å². The minimum Gasteiger partial charge on any atom is -0.378 e. The Morgan fingerprint density at radius 2 is 1.88 bits per heavy atom. The van der Waals surface area contributed by atoms with Crippen molar-refractivity contribution in [3.8, 4) is 0 Å². The van der Waals surface area contributed by atoms with Crippen LogP contribution in [0.4, 0.5) is 16.2 Å². The minimum atomic E-state index is -0.240. The lowest BCUT2D eigenvalue weighted by Gasteiger charge is -2.30. The Hall–Kier alpha value is -1.95. The maximum atomic E-state index is 12.3. The van der Waals surface area contributed by atoms with E-state index in [0.29, 0.717) is 36.2 Å². The molecule has 0 atom stereocenters. The monoisotopic (exact) mass is 393 g/mol. The van der Waals surface area contributed by atoms with Crippen molar-refractivity contribution in [2.75, 3.05) is 43.1 Å². The van der Waals surface area contributed by atoms with Gasteiger partial charge < -0.3 is 20.3 Å². The highest BCUT2D eigenvalue weighted by Crippen LogP contribution is 2.26. The highest BCUT2D eigenvalue weighted by molar-refractivity contribution is 6.35. The van der Waals surface area contributed by atoms with Crippen LogP contribution in [0.3, 0.4) is 0 Å². The number of hydrogen-bond acceptors (Lipinski definition) is 3. The number of halogens is 2. The van der Waals surface area contributed by atoms with Crippen LogP contribution in [-0.4, -0.2) is 38.9 Å². The third-order valence-electron chi connectivity index (χ3n) is 4.20. The maximum Gasteiger partial charge on any atom is 0.319 e. The molecule has 1 aliphatic heterocycles. The van der Waals surface area contributed by atoms with Gasteiger partial charge in [-0.15, -0.1) is 0 Å². The molecule has 2 N–H and O–H groups in total. The van der Waals surface area contributed by atoms with E-state index in [1.54, 1.807) is 12.1 Å². The standard InChI is InChI=1S/C19H21Cl2N3O2/c20-15-6-5-14(16(21)13-15)7-8-22-19(25)23-17-3-1-2-4-18(17)24-9-11-26-12-10-24/h1-6,13H,7-12H2,(H2,22,23,25). The van der Waals surface area contributed by atoms with E-state index in [-0.39, 0.29) is 6.03 Å². The third-order valence-corrected chi connectivity index (χ3v) is 4.79. The molecule has 5 nitrogen and oxygen atoms in total. The van der Waals surface area contributed by atoms with Gasteiger partial charge in [0, 0.05) is 29.7 Å². The van der Waals surface area contributed by atoms with Crippen molar-refractivity contribution in [3.05, 3.63) is 58.1 Å². The molecule has 0 aliphatic carbocycles. The highest BCUT2D eigenvalue weighted by atomic mass is 35.5. The van der Waals surface area contributed by atoms with Gasteiger partial charge in [-0.3, -0.25) is 0 Å². The normalized spacial score (nSPS) is 14.2. The third kappa shape index (κ3) is 5.04. The quantitative estimate of drug-likeness (QED) is 0.800. The fourth-order valence-corrected chi connectivity index (χ4v) is 3.36. The van der Waals surface area contributed by atoms with Gasteiger partial charge in [-0.05, 0) is 36.2 Å². The molecule has 0 radical (unpaired) electrons. The van der Waals surface area contributed by atoms with Crippen molar-refractivity contribution in [1.29, 1.82) is 0 Å². The van der Waals surface area contributed by atoms with Gasteiger partial charge in [-0.25, -0.2) is 4.79 Å². The van der Waals surface area contributed by atoms with Gasteiger partial charge in [0.15, 0.2) is 0 Å². The molecule has 0 saturated carbocycles. The summed E-state index contributed by atoms with van der Waals surface area (Å²) in [6, 6.07) is 12.9. The van der Waals surface area contributed by atoms with Crippen LogP contribution in [-0.2, 0) is 11.2 Å². The number of anilines is 2. The van der Waals surface area contributed by atoms with Gasteiger partial charge >= 0.3 is 6.03 Å². The number of morpholine rings is 1. The summed E-state index contributed by atoms with van der Waals surface area (Å²) in [6.07, 6.45) is 0.633. The molecule has 2 aromatic carbocycles. The minimum absolute atomic E-state index is 0.240. The molecule has 3 rings (SSSR count). The summed E-state index contributed by atoms with van der Waals surface area (Å²) in [5.41, 5.74) is 2.74. The number of nitrogens with one attached hydrogen (secondary N) is 2. The average Bonchev–Trinajstić information content (AvgIpc) is 2.65. The van der Waals surface area contributed by atoms with E-state index in [0.717, 1.165) is 30.0 Å². The van der Waals surface area contributed by atoms with Gasteiger partial charge in [0.2, 0.25) is 0 Å². The second-order valence-electron chi connectivity index (χ2n) is 5.98. The highest BCUT2D eigenvalue weighted by Gasteiger charge is 2.15. The van der Waals surface area contributed by atoms with Crippen LogP contribution in [0.5, 0.6) is 0 Å². The smallest absolute Gasteiger partial charge is 0.319 e. The van der Waals surface area contributed by atoms with Gasteiger partial charge in [0.1, 0.15) is 0 Å². The number of amides is 2. The average molecular weight is 394 g/mol. The Morgan fingerprint density at radius 3 is 2.65 bits per heavy atom. The first kappa shape index (κ1) is 18.8. The number of ether oxygens (including phenoxy) is 1. The molecule has 0 bridgehead atoms. The SMILES string of the molecule is O=C(NCCc1ccc(Cl)cc1Cl)Nc1ccccc1N1CCOCC1. The number of hydrogen-bond donors (Lipinski definition) is 2. The lowest BCUT2D eigenvalue weighted by atomic mass is 10.1. The summed E-state index contributed by atoms with van der Waals surface area (Å²) in [5.74, 6) is 0. The molecule has 1 fully saturated rings. The maximum absolute atomic E-state index is 12.3.